The zero-order valence-electron chi connectivity index (χ0n) is 14.3. The highest BCUT2D eigenvalue weighted by atomic mass is 127. The largest absolute Gasteiger partial charge is 0.486 e. The van der Waals surface area contributed by atoms with Crippen molar-refractivity contribution in [1.29, 1.82) is 0 Å². The number of amides is 2. The fraction of sp³-hybridized carbons (Fsp3) is 0.412. The number of halogens is 1. The van der Waals surface area contributed by atoms with E-state index in [1.165, 1.54) is 22.0 Å². The Hall–Kier alpha value is -1.77. The molecule has 1 N–H and O–H groups in total. The molecule has 0 saturated carbocycles. The molecular weight excluding hydrogens is 423 g/mol. The Kier molecular flexibility index (Phi) is 7.53. The quantitative estimate of drug-likeness (QED) is 0.517. The van der Waals surface area contributed by atoms with E-state index < -0.39 is 11.7 Å². The normalized spacial score (nSPS) is 11.4. The van der Waals surface area contributed by atoms with Gasteiger partial charge in [0.05, 0.1) is 6.54 Å². The maximum atomic E-state index is 11.5. The molecule has 24 heavy (non-hydrogen) atoms. The van der Waals surface area contributed by atoms with E-state index >= 15 is 0 Å². The van der Waals surface area contributed by atoms with Gasteiger partial charge in [0.1, 0.15) is 11.4 Å². The second-order valence-electron chi connectivity index (χ2n) is 6.11. The molecule has 0 radical (unpaired) electrons. The van der Waals surface area contributed by atoms with Crippen LogP contribution in [0.15, 0.2) is 36.4 Å². The van der Waals surface area contributed by atoms with E-state index in [9.17, 15) is 14.7 Å². The molecule has 0 aromatic heterocycles. The number of carbonyl (C=O) groups is 2. The molecule has 7 heteroatoms. The average molecular weight is 446 g/mol. The van der Waals surface area contributed by atoms with Gasteiger partial charge in [-0.2, -0.15) is 0 Å². The minimum absolute atomic E-state index is 0.119. The van der Waals surface area contributed by atoms with E-state index in [-0.39, 0.29) is 19.0 Å². The van der Waals surface area contributed by atoms with Gasteiger partial charge in [-0.15, -0.1) is 0 Å². The van der Waals surface area contributed by atoms with Crippen LogP contribution in [0.2, 0.25) is 0 Å². The van der Waals surface area contributed by atoms with Gasteiger partial charge < -0.3 is 19.6 Å². The molecular formula is C17H23IN2O4. The van der Waals surface area contributed by atoms with Crippen molar-refractivity contribution in [3.63, 3.8) is 0 Å². The summed E-state index contributed by atoms with van der Waals surface area (Å²) in [5, 5.41) is 9.35. The maximum Gasteiger partial charge on any atom is 0.407 e. The summed E-state index contributed by atoms with van der Waals surface area (Å²) in [4.78, 5) is 25.6. The van der Waals surface area contributed by atoms with Crippen molar-refractivity contribution in [2.75, 3.05) is 27.2 Å². The minimum Gasteiger partial charge on any atom is -0.486 e. The molecule has 1 rings (SSSR count). The predicted molar refractivity (Wildman–Crippen MR) is 101 cm³/mol. The summed E-state index contributed by atoms with van der Waals surface area (Å²) in [6.45, 7) is 3.95. The first-order valence-electron chi connectivity index (χ1n) is 7.41. The number of carboxylic acid groups (broad SMARTS) is 1. The van der Waals surface area contributed by atoms with E-state index in [1.807, 2.05) is 38.1 Å². The third-order valence-electron chi connectivity index (χ3n) is 3.08. The second kappa shape index (κ2) is 8.91. The Labute approximate surface area is 156 Å². The zero-order valence-corrected chi connectivity index (χ0v) is 16.5. The Morgan fingerprint density at radius 3 is 2.33 bits per heavy atom. The van der Waals surface area contributed by atoms with Crippen molar-refractivity contribution in [2.24, 2.45) is 0 Å². The monoisotopic (exact) mass is 446 g/mol. The molecule has 0 heterocycles. The van der Waals surface area contributed by atoms with Crippen molar-refractivity contribution < 1.29 is 19.4 Å². The number of nitrogens with zero attached hydrogens (tertiary/aromatic N) is 2. The zero-order chi connectivity index (χ0) is 18.3. The number of hydrogen-bond donors (Lipinski definition) is 1. The van der Waals surface area contributed by atoms with Crippen LogP contribution >= 0.6 is 22.6 Å². The lowest BCUT2D eigenvalue weighted by atomic mass is 10.1. The SMILES string of the molecule is CN(C)C(=O)/C=C/CN(CC(C)(C)Oc1ccc(I)cc1)C(=O)O. The fourth-order valence-corrected chi connectivity index (χ4v) is 2.31. The summed E-state index contributed by atoms with van der Waals surface area (Å²) in [5.41, 5.74) is -0.704. The van der Waals surface area contributed by atoms with Gasteiger partial charge in [0, 0.05) is 30.3 Å². The van der Waals surface area contributed by atoms with Gasteiger partial charge in [0.2, 0.25) is 5.91 Å². The summed E-state index contributed by atoms with van der Waals surface area (Å²) < 4.78 is 6.99. The molecule has 0 aliphatic heterocycles. The first kappa shape index (κ1) is 20.3. The lowest BCUT2D eigenvalue weighted by molar-refractivity contribution is -0.123. The van der Waals surface area contributed by atoms with Crippen molar-refractivity contribution in [1.82, 2.24) is 9.80 Å². The molecule has 0 bridgehead atoms. The highest BCUT2D eigenvalue weighted by Gasteiger charge is 2.26. The summed E-state index contributed by atoms with van der Waals surface area (Å²) >= 11 is 2.21. The molecule has 2 amide bonds. The summed E-state index contributed by atoms with van der Waals surface area (Å²) in [7, 11) is 3.28. The van der Waals surface area contributed by atoms with Gasteiger partial charge in [0.25, 0.3) is 0 Å². The van der Waals surface area contributed by atoms with Crippen LogP contribution in [-0.4, -0.2) is 59.7 Å². The van der Waals surface area contributed by atoms with E-state index in [0.29, 0.717) is 5.75 Å². The third-order valence-corrected chi connectivity index (χ3v) is 3.80. The van der Waals surface area contributed by atoms with E-state index in [1.54, 1.807) is 14.1 Å². The Balaban J connectivity index is 2.70. The van der Waals surface area contributed by atoms with Crippen LogP contribution in [0, 0.1) is 3.57 Å². The molecule has 0 fully saturated rings. The van der Waals surface area contributed by atoms with Gasteiger partial charge in [0.15, 0.2) is 0 Å². The molecule has 1 aromatic rings. The van der Waals surface area contributed by atoms with E-state index in [0.717, 1.165) is 3.57 Å². The standard InChI is InChI=1S/C17H23IN2O4/c1-17(2,24-14-9-7-13(18)8-10-14)12-20(16(22)23)11-5-6-15(21)19(3)4/h5-10H,11-12H2,1-4H3,(H,22,23)/b6-5+. The Bertz CT molecular complexity index is 597. The van der Waals surface area contributed by atoms with Crippen LogP contribution in [0.5, 0.6) is 5.75 Å². The molecule has 0 spiro atoms. The molecule has 0 aliphatic carbocycles. The molecule has 132 valence electrons. The lowest BCUT2D eigenvalue weighted by Crippen LogP contribution is -2.45. The topological polar surface area (TPSA) is 70.1 Å². The van der Waals surface area contributed by atoms with Gasteiger partial charge in [-0.05, 0) is 60.7 Å². The predicted octanol–water partition coefficient (Wildman–Crippen LogP) is 3.07. The van der Waals surface area contributed by atoms with Crippen LogP contribution in [-0.2, 0) is 4.79 Å². The van der Waals surface area contributed by atoms with Crippen LogP contribution in [0.4, 0.5) is 4.79 Å². The number of carbonyl (C=O) groups excluding carboxylic acids is 1. The lowest BCUT2D eigenvalue weighted by Gasteiger charge is -2.31. The highest BCUT2D eigenvalue weighted by Crippen LogP contribution is 2.20. The van der Waals surface area contributed by atoms with Gasteiger partial charge in [-0.3, -0.25) is 4.79 Å². The fourth-order valence-electron chi connectivity index (χ4n) is 1.95. The number of likely N-dealkylation sites (N-methyl/N-ethyl adjacent to an activating group) is 1. The number of ether oxygens (including phenoxy) is 1. The Morgan fingerprint density at radius 1 is 1.25 bits per heavy atom. The van der Waals surface area contributed by atoms with Crippen LogP contribution in [0.1, 0.15) is 13.8 Å². The van der Waals surface area contributed by atoms with Gasteiger partial charge in [-0.25, -0.2) is 4.79 Å². The highest BCUT2D eigenvalue weighted by molar-refractivity contribution is 14.1. The summed E-state index contributed by atoms with van der Waals surface area (Å²) in [6.07, 6.45) is 1.84. The number of hydrogen-bond acceptors (Lipinski definition) is 3. The first-order valence-corrected chi connectivity index (χ1v) is 8.49. The number of rotatable bonds is 7. The van der Waals surface area contributed by atoms with Crippen LogP contribution in [0.3, 0.4) is 0 Å². The molecule has 6 nitrogen and oxygen atoms in total. The van der Waals surface area contributed by atoms with Crippen molar-refractivity contribution in [3.8, 4) is 5.75 Å². The number of benzene rings is 1. The van der Waals surface area contributed by atoms with Crippen molar-refractivity contribution in [2.45, 2.75) is 19.4 Å². The molecule has 1 aromatic carbocycles. The van der Waals surface area contributed by atoms with Gasteiger partial charge in [-0.1, -0.05) is 6.08 Å². The Morgan fingerprint density at radius 2 is 1.83 bits per heavy atom. The van der Waals surface area contributed by atoms with Crippen molar-refractivity contribution in [3.05, 3.63) is 40.0 Å². The second-order valence-corrected chi connectivity index (χ2v) is 7.36. The summed E-state index contributed by atoms with van der Waals surface area (Å²) in [5.74, 6) is 0.499. The van der Waals surface area contributed by atoms with Crippen LogP contribution in [0.25, 0.3) is 0 Å². The average Bonchev–Trinajstić information content (AvgIpc) is 2.47. The minimum atomic E-state index is -1.06. The van der Waals surface area contributed by atoms with Gasteiger partial charge >= 0.3 is 6.09 Å². The third kappa shape index (κ3) is 7.20. The first-order chi connectivity index (χ1) is 11.1. The van der Waals surface area contributed by atoms with E-state index in [4.69, 9.17) is 4.74 Å². The van der Waals surface area contributed by atoms with E-state index in [2.05, 4.69) is 22.6 Å². The van der Waals surface area contributed by atoms with Crippen LogP contribution < -0.4 is 4.74 Å². The smallest absolute Gasteiger partial charge is 0.407 e. The van der Waals surface area contributed by atoms with Crippen molar-refractivity contribution >= 4 is 34.6 Å². The molecule has 0 aliphatic rings. The summed E-state index contributed by atoms with van der Waals surface area (Å²) in [6, 6.07) is 7.56. The molecule has 0 saturated heterocycles. The molecule has 0 atom stereocenters. The molecule has 0 unspecified atom stereocenters. The maximum absolute atomic E-state index is 11.5.